The molecule has 0 radical (unpaired) electrons. The highest BCUT2D eigenvalue weighted by atomic mass is 32.1. The Morgan fingerprint density at radius 2 is 1.50 bits per heavy atom. The summed E-state index contributed by atoms with van der Waals surface area (Å²) in [5.41, 5.74) is 1.64. The van der Waals surface area contributed by atoms with E-state index in [1.165, 1.54) is 16.8 Å². The molecule has 5 nitrogen and oxygen atoms in total. The Balaban J connectivity index is 2.06. The highest BCUT2D eigenvalue weighted by molar-refractivity contribution is 7.80. The first-order valence-electron chi connectivity index (χ1n) is 7.31. The Bertz CT molecular complexity index is 1030. The van der Waals surface area contributed by atoms with Gasteiger partial charge >= 0.3 is 0 Å². The first kappa shape index (κ1) is 14.6. The monoisotopic (exact) mass is 335 g/mol. The van der Waals surface area contributed by atoms with Crippen LogP contribution in [0.3, 0.4) is 0 Å². The van der Waals surface area contributed by atoms with Gasteiger partial charge in [0.1, 0.15) is 22.2 Å². The quantitative estimate of drug-likeness (QED) is 0.488. The van der Waals surface area contributed by atoms with Gasteiger partial charge in [0.25, 0.3) is 0 Å². The minimum Gasteiger partial charge on any atom is -0.506 e. The molecule has 1 heterocycles. The molecule has 0 aliphatic carbocycles. The molecule has 0 bridgehead atoms. The molecule has 2 N–H and O–H groups in total. The summed E-state index contributed by atoms with van der Waals surface area (Å²) in [7, 11) is 0. The summed E-state index contributed by atoms with van der Waals surface area (Å²) in [5, 5.41) is 30.9. The van der Waals surface area contributed by atoms with E-state index in [1.54, 1.807) is 6.07 Å². The average Bonchev–Trinajstić information content (AvgIpc) is 2.95. The lowest BCUT2D eigenvalue weighted by Gasteiger charge is -2.12. The van der Waals surface area contributed by atoms with E-state index in [2.05, 4.69) is 22.9 Å². The lowest BCUT2D eigenvalue weighted by Crippen LogP contribution is -2.01. The summed E-state index contributed by atoms with van der Waals surface area (Å²) in [5.74, 6) is -0.176. The number of phenolic OH excluding ortho intramolecular Hbond substituents is 2. The molecule has 3 aromatic carbocycles. The molecule has 24 heavy (non-hydrogen) atoms. The van der Waals surface area contributed by atoms with Crippen molar-refractivity contribution >= 4 is 23.4 Å². The molecule has 4 aromatic rings. The predicted octanol–water partition coefficient (Wildman–Crippen LogP) is 3.79. The molecule has 0 saturated carbocycles. The molecule has 0 atom stereocenters. The molecule has 1 aromatic heterocycles. The maximum Gasteiger partial charge on any atom is 0.150 e. The van der Waals surface area contributed by atoms with Gasteiger partial charge in [-0.15, -0.1) is 17.7 Å². The number of thiol groups is 1. The Hall–Kier alpha value is -2.99. The number of rotatable bonds is 2. The van der Waals surface area contributed by atoms with E-state index in [-0.39, 0.29) is 17.2 Å². The number of para-hydroxylation sites is 1. The van der Waals surface area contributed by atoms with Gasteiger partial charge in [-0.3, -0.25) is 0 Å². The molecule has 0 amide bonds. The Morgan fingerprint density at radius 1 is 0.833 bits per heavy atom. The SMILES string of the molecule is Oc1cccc(O)c1-n1nnc(S)c1-c1cccc2ccccc12. The van der Waals surface area contributed by atoms with Crippen molar-refractivity contribution in [2.24, 2.45) is 0 Å². The van der Waals surface area contributed by atoms with Crippen molar-refractivity contribution in [3.8, 4) is 28.4 Å². The van der Waals surface area contributed by atoms with E-state index in [0.29, 0.717) is 10.7 Å². The normalized spacial score (nSPS) is 11.0. The molecule has 6 heteroatoms. The van der Waals surface area contributed by atoms with Gasteiger partial charge in [0.15, 0.2) is 5.69 Å². The minimum atomic E-state index is -0.0882. The van der Waals surface area contributed by atoms with Gasteiger partial charge in [-0.05, 0) is 22.9 Å². The third-order valence-electron chi connectivity index (χ3n) is 3.90. The van der Waals surface area contributed by atoms with Crippen LogP contribution < -0.4 is 0 Å². The van der Waals surface area contributed by atoms with Crippen LogP contribution in [-0.4, -0.2) is 25.2 Å². The number of phenols is 2. The molecule has 0 saturated heterocycles. The van der Waals surface area contributed by atoms with Crippen molar-refractivity contribution in [1.29, 1.82) is 0 Å². The van der Waals surface area contributed by atoms with Crippen molar-refractivity contribution in [1.82, 2.24) is 15.0 Å². The smallest absolute Gasteiger partial charge is 0.150 e. The van der Waals surface area contributed by atoms with Gasteiger partial charge in [0.05, 0.1) is 0 Å². The first-order valence-corrected chi connectivity index (χ1v) is 7.75. The highest BCUT2D eigenvalue weighted by Crippen LogP contribution is 2.37. The zero-order valence-electron chi connectivity index (χ0n) is 12.5. The molecule has 0 fully saturated rings. The second-order valence-corrected chi connectivity index (χ2v) is 5.77. The van der Waals surface area contributed by atoms with E-state index in [0.717, 1.165) is 16.3 Å². The first-order chi connectivity index (χ1) is 11.7. The van der Waals surface area contributed by atoms with Crippen LogP contribution >= 0.6 is 12.6 Å². The van der Waals surface area contributed by atoms with Gasteiger partial charge in [0, 0.05) is 5.56 Å². The van der Waals surface area contributed by atoms with Crippen LogP contribution in [0.15, 0.2) is 65.7 Å². The van der Waals surface area contributed by atoms with Crippen LogP contribution in [0.25, 0.3) is 27.7 Å². The lowest BCUT2D eigenvalue weighted by atomic mass is 10.0. The van der Waals surface area contributed by atoms with Crippen LogP contribution in [0.1, 0.15) is 0 Å². The fourth-order valence-corrected chi connectivity index (χ4v) is 3.09. The Kier molecular flexibility index (Phi) is 3.39. The fourth-order valence-electron chi connectivity index (χ4n) is 2.83. The lowest BCUT2D eigenvalue weighted by molar-refractivity contribution is 0.442. The minimum absolute atomic E-state index is 0.0882. The number of nitrogens with zero attached hydrogens (tertiary/aromatic N) is 3. The summed E-state index contributed by atoms with van der Waals surface area (Å²) in [6.07, 6.45) is 0. The van der Waals surface area contributed by atoms with E-state index in [9.17, 15) is 10.2 Å². The summed E-state index contributed by atoms with van der Waals surface area (Å²) >= 11 is 4.42. The molecule has 0 aliphatic rings. The molecule has 0 aliphatic heterocycles. The van der Waals surface area contributed by atoms with E-state index in [4.69, 9.17) is 0 Å². The molecular weight excluding hydrogens is 322 g/mol. The van der Waals surface area contributed by atoms with Crippen molar-refractivity contribution < 1.29 is 10.2 Å². The van der Waals surface area contributed by atoms with Crippen LogP contribution in [0.5, 0.6) is 11.5 Å². The number of benzene rings is 3. The Morgan fingerprint density at radius 3 is 2.29 bits per heavy atom. The van der Waals surface area contributed by atoms with Crippen molar-refractivity contribution in [3.63, 3.8) is 0 Å². The van der Waals surface area contributed by atoms with E-state index >= 15 is 0 Å². The topological polar surface area (TPSA) is 71.2 Å². The van der Waals surface area contributed by atoms with Crippen LogP contribution in [0, 0.1) is 0 Å². The maximum atomic E-state index is 10.2. The predicted molar refractivity (Wildman–Crippen MR) is 94.9 cm³/mol. The second-order valence-electron chi connectivity index (χ2n) is 5.35. The number of aromatic hydroxyl groups is 2. The van der Waals surface area contributed by atoms with Gasteiger partial charge in [-0.1, -0.05) is 53.7 Å². The number of aromatic nitrogens is 3. The van der Waals surface area contributed by atoms with Crippen LogP contribution in [-0.2, 0) is 0 Å². The summed E-state index contributed by atoms with van der Waals surface area (Å²) in [6.45, 7) is 0. The molecule has 118 valence electrons. The van der Waals surface area contributed by atoms with Crippen LogP contribution in [0.2, 0.25) is 0 Å². The maximum absolute atomic E-state index is 10.2. The standard InChI is InChI=1S/C18H13N3O2S/c22-14-9-4-10-15(23)17(14)21-16(18(24)19-20-21)13-8-3-6-11-5-1-2-7-12(11)13/h1-10,22-24H. The zero-order valence-corrected chi connectivity index (χ0v) is 13.4. The van der Waals surface area contributed by atoms with Crippen molar-refractivity contribution in [2.45, 2.75) is 5.03 Å². The molecule has 4 rings (SSSR count). The molecular formula is C18H13N3O2S. The van der Waals surface area contributed by atoms with Crippen molar-refractivity contribution in [3.05, 3.63) is 60.7 Å². The van der Waals surface area contributed by atoms with Gasteiger partial charge in [-0.25, -0.2) is 4.68 Å². The van der Waals surface area contributed by atoms with E-state index < -0.39 is 0 Å². The van der Waals surface area contributed by atoms with Gasteiger partial charge < -0.3 is 10.2 Å². The van der Waals surface area contributed by atoms with E-state index in [1.807, 2.05) is 42.5 Å². The third kappa shape index (κ3) is 2.19. The van der Waals surface area contributed by atoms with Gasteiger partial charge in [-0.2, -0.15) is 0 Å². The van der Waals surface area contributed by atoms with Gasteiger partial charge in [0.2, 0.25) is 0 Å². The Labute approximate surface area is 143 Å². The highest BCUT2D eigenvalue weighted by Gasteiger charge is 2.20. The third-order valence-corrected chi connectivity index (χ3v) is 4.20. The number of hydrogen-bond acceptors (Lipinski definition) is 5. The average molecular weight is 335 g/mol. The van der Waals surface area contributed by atoms with Crippen molar-refractivity contribution in [2.75, 3.05) is 0 Å². The second kappa shape index (κ2) is 5.58. The van der Waals surface area contributed by atoms with Crippen LogP contribution in [0.4, 0.5) is 0 Å². The number of fused-ring (bicyclic) bond motifs is 1. The summed E-state index contributed by atoms with van der Waals surface area (Å²) in [6, 6.07) is 18.4. The zero-order chi connectivity index (χ0) is 16.7. The molecule has 0 spiro atoms. The summed E-state index contributed by atoms with van der Waals surface area (Å²) in [4.78, 5) is 0. The fraction of sp³-hybridized carbons (Fsp3) is 0. The number of hydrogen-bond donors (Lipinski definition) is 3. The molecule has 0 unspecified atom stereocenters. The largest absolute Gasteiger partial charge is 0.506 e. The summed E-state index contributed by atoms with van der Waals surface area (Å²) < 4.78 is 1.41.